The lowest BCUT2D eigenvalue weighted by atomic mass is 10.2. The molecule has 7 heteroatoms. The third kappa shape index (κ3) is 2.63. The number of rotatable bonds is 4. The van der Waals surface area contributed by atoms with Crippen LogP contribution in [0.3, 0.4) is 0 Å². The molecule has 0 unspecified atom stereocenters. The third-order valence-corrected chi connectivity index (χ3v) is 3.88. The van der Waals surface area contributed by atoms with Crippen LogP contribution in [-0.4, -0.2) is 28.0 Å². The van der Waals surface area contributed by atoms with Crippen molar-refractivity contribution in [3.05, 3.63) is 23.7 Å². The molecule has 0 saturated heterocycles. The number of carbonyl (C=O) groups excluding carboxylic acids is 1. The van der Waals surface area contributed by atoms with E-state index in [4.69, 9.17) is 9.26 Å². The van der Waals surface area contributed by atoms with Crippen LogP contribution >= 0.6 is 0 Å². The van der Waals surface area contributed by atoms with Crippen molar-refractivity contribution in [2.24, 2.45) is 0 Å². The number of amides is 1. The average molecular weight is 290 g/mol. The highest BCUT2D eigenvalue weighted by Crippen LogP contribution is 2.31. The van der Waals surface area contributed by atoms with Crippen LogP contribution in [0.25, 0.3) is 0 Å². The van der Waals surface area contributed by atoms with Gasteiger partial charge in [-0.3, -0.25) is 9.48 Å². The second-order valence-corrected chi connectivity index (χ2v) is 5.21. The van der Waals surface area contributed by atoms with Crippen LogP contribution in [0.2, 0.25) is 0 Å². The van der Waals surface area contributed by atoms with Gasteiger partial charge in [0, 0.05) is 0 Å². The minimum atomic E-state index is -0.361. The summed E-state index contributed by atoms with van der Waals surface area (Å²) < 4.78 is 11.8. The number of aromatic nitrogens is 3. The summed E-state index contributed by atoms with van der Waals surface area (Å²) in [5, 5.41) is 10.8. The molecule has 0 radical (unpaired) electrons. The standard InChI is InChI=1S/C14H18N4O3/c1-9-11(8-15-18(9)10-5-3-4-6-10)16-14(19)12-7-13(20-2)17-21-12/h7-8,10H,3-6H2,1-2H3,(H,16,19). The van der Waals surface area contributed by atoms with E-state index in [0.29, 0.717) is 11.7 Å². The predicted octanol–water partition coefficient (Wildman–Crippen LogP) is 2.56. The van der Waals surface area contributed by atoms with E-state index in [1.807, 2.05) is 11.6 Å². The van der Waals surface area contributed by atoms with Crippen molar-refractivity contribution in [1.82, 2.24) is 14.9 Å². The third-order valence-electron chi connectivity index (χ3n) is 3.88. The van der Waals surface area contributed by atoms with Crippen molar-refractivity contribution in [3.63, 3.8) is 0 Å². The maximum Gasteiger partial charge on any atom is 0.294 e. The number of nitrogens with one attached hydrogen (secondary N) is 1. The molecule has 0 bridgehead atoms. The summed E-state index contributed by atoms with van der Waals surface area (Å²) in [4.78, 5) is 12.1. The zero-order valence-electron chi connectivity index (χ0n) is 12.1. The van der Waals surface area contributed by atoms with Gasteiger partial charge in [-0.1, -0.05) is 12.8 Å². The quantitative estimate of drug-likeness (QED) is 0.935. The Hall–Kier alpha value is -2.31. The maximum absolute atomic E-state index is 12.1. The van der Waals surface area contributed by atoms with Gasteiger partial charge in [0.25, 0.3) is 11.8 Å². The van der Waals surface area contributed by atoms with Gasteiger partial charge < -0.3 is 14.6 Å². The predicted molar refractivity (Wildman–Crippen MR) is 75.5 cm³/mol. The lowest BCUT2D eigenvalue weighted by molar-refractivity contribution is 0.0987. The number of methoxy groups -OCH3 is 1. The summed E-state index contributed by atoms with van der Waals surface area (Å²) in [6.07, 6.45) is 6.45. The van der Waals surface area contributed by atoms with E-state index in [1.165, 1.54) is 26.0 Å². The van der Waals surface area contributed by atoms with Gasteiger partial charge in [-0.15, -0.1) is 0 Å². The van der Waals surface area contributed by atoms with Gasteiger partial charge in [-0.05, 0) is 24.9 Å². The molecular weight excluding hydrogens is 272 g/mol. The van der Waals surface area contributed by atoms with Crippen LogP contribution in [0.15, 0.2) is 16.8 Å². The number of ether oxygens (including phenoxy) is 1. The van der Waals surface area contributed by atoms with Gasteiger partial charge in [0.1, 0.15) is 0 Å². The number of carbonyl (C=O) groups is 1. The molecular formula is C14H18N4O3. The van der Waals surface area contributed by atoms with Gasteiger partial charge >= 0.3 is 0 Å². The fourth-order valence-electron chi connectivity index (χ4n) is 2.71. The number of anilines is 1. The molecule has 0 atom stereocenters. The Morgan fingerprint density at radius 3 is 2.90 bits per heavy atom. The molecule has 7 nitrogen and oxygen atoms in total. The second kappa shape index (κ2) is 5.59. The first-order valence-corrected chi connectivity index (χ1v) is 7.05. The molecule has 2 aromatic heterocycles. The van der Waals surface area contributed by atoms with Gasteiger partial charge in [-0.2, -0.15) is 5.10 Å². The fourth-order valence-corrected chi connectivity index (χ4v) is 2.71. The maximum atomic E-state index is 12.1. The average Bonchev–Trinajstić information content (AvgIpc) is 3.20. The summed E-state index contributed by atoms with van der Waals surface area (Å²) >= 11 is 0. The van der Waals surface area contributed by atoms with Crippen molar-refractivity contribution in [2.45, 2.75) is 38.6 Å². The summed E-state index contributed by atoms with van der Waals surface area (Å²) in [5.41, 5.74) is 1.66. The Labute approximate surface area is 122 Å². The van der Waals surface area contributed by atoms with Crippen molar-refractivity contribution < 1.29 is 14.1 Å². The van der Waals surface area contributed by atoms with Gasteiger partial charge in [0.2, 0.25) is 5.76 Å². The second-order valence-electron chi connectivity index (χ2n) is 5.21. The minimum absolute atomic E-state index is 0.111. The lowest BCUT2D eigenvalue weighted by Gasteiger charge is -2.12. The molecule has 0 aromatic carbocycles. The van der Waals surface area contributed by atoms with E-state index in [0.717, 1.165) is 18.5 Å². The van der Waals surface area contributed by atoms with E-state index in [2.05, 4.69) is 15.6 Å². The van der Waals surface area contributed by atoms with E-state index in [1.54, 1.807) is 6.20 Å². The number of hydrogen-bond donors (Lipinski definition) is 1. The minimum Gasteiger partial charge on any atom is -0.479 e. The van der Waals surface area contributed by atoms with Crippen LogP contribution in [-0.2, 0) is 0 Å². The molecule has 2 heterocycles. The summed E-state index contributed by atoms with van der Waals surface area (Å²) in [6, 6.07) is 1.90. The Kier molecular flexibility index (Phi) is 3.64. The molecule has 21 heavy (non-hydrogen) atoms. The smallest absolute Gasteiger partial charge is 0.294 e. The molecule has 1 aliphatic rings. The largest absolute Gasteiger partial charge is 0.479 e. The van der Waals surface area contributed by atoms with Gasteiger partial charge in [0.05, 0.1) is 36.8 Å². The molecule has 1 N–H and O–H groups in total. The molecule has 2 aromatic rings. The first-order chi connectivity index (χ1) is 10.2. The molecule has 0 spiro atoms. The fraction of sp³-hybridized carbons (Fsp3) is 0.500. The van der Waals surface area contributed by atoms with Gasteiger partial charge in [-0.25, -0.2) is 0 Å². The first kappa shape index (κ1) is 13.7. The Bertz CT molecular complexity index is 640. The van der Waals surface area contributed by atoms with Crippen LogP contribution in [0.1, 0.15) is 48.0 Å². The van der Waals surface area contributed by atoms with E-state index >= 15 is 0 Å². The summed E-state index contributed by atoms with van der Waals surface area (Å²) in [6.45, 7) is 1.96. The van der Waals surface area contributed by atoms with Crippen LogP contribution < -0.4 is 10.1 Å². The Balaban J connectivity index is 1.74. The van der Waals surface area contributed by atoms with Crippen molar-refractivity contribution in [3.8, 4) is 5.88 Å². The van der Waals surface area contributed by atoms with E-state index in [9.17, 15) is 4.79 Å². The molecule has 1 saturated carbocycles. The lowest BCUT2D eigenvalue weighted by Crippen LogP contribution is -2.13. The Morgan fingerprint density at radius 2 is 2.24 bits per heavy atom. The van der Waals surface area contributed by atoms with Crippen molar-refractivity contribution in [2.75, 3.05) is 12.4 Å². The zero-order valence-corrected chi connectivity index (χ0v) is 12.1. The molecule has 112 valence electrons. The number of hydrogen-bond acceptors (Lipinski definition) is 5. The van der Waals surface area contributed by atoms with E-state index in [-0.39, 0.29) is 17.5 Å². The monoisotopic (exact) mass is 290 g/mol. The normalized spacial score (nSPS) is 15.3. The molecule has 1 amide bonds. The Morgan fingerprint density at radius 1 is 1.48 bits per heavy atom. The molecule has 3 rings (SSSR count). The summed E-state index contributed by atoms with van der Waals surface area (Å²) in [5.74, 6) is 0.0262. The molecule has 1 fully saturated rings. The highest BCUT2D eigenvalue weighted by atomic mass is 16.5. The summed E-state index contributed by atoms with van der Waals surface area (Å²) in [7, 11) is 1.47. The van der Waals surface area contributed by atoms with Crippen molar-refractivity contribution >= 4 is 11.6 Å². The van der Waals surface area contributed by atoms with E-state index < -0.39 is 0 Å². The first-order valence-electron chi connectivity index (χ1n) is 7.05. The van der Waals surface area contributed by atoms with Crippen molar-refractivity contribution in [1.29, 1.82) is 0 Å². The number of nitrogens with zero attached hydrogens (tertiary/aromatic N) is 3. The highest BCUT2D eigenvalue weighted by Gasteiger charge is 2.22. The SMILES string of the molecule is COc1cc(C(=O)Nc2cnn(C3CCCC3)c2C)on1. The van der Waals surface area contributed by atoms with Gasteiger partial charge in [0.15, 0.2) is 0 Å². The van der Waals surface area contributed by atoms with Crippen LogP contribution in [0.5, 0.6) is 5.88 Å². The zero-order chi connectivity index (χ0) is 14.8. The molecule has 0 aliphatic heterocycles. The topological polar surface area (TPSA) is 82.2 Å². The van der Waals surface area contributed by atoms with Crippen LogP contribution in [0.4, 0.5) is 5.69 Å². The van der Waals surface area contributed by atoms with Crippen LogP contribution in [0, 0.1) is 6.92 Å². The molecule has 1 aliphatic carbocycles. The highest BCUT2D eigenvalue weighted by molar-refractivity contribution is 6.02.